The first kappa shape index (κ1) is 14.0. The normalized spacial score (nSPS) is 9.86. The van der Waals surface area contributed by atoms with Crippen LogP contribution in [0.5, 0.6) is 11.5 Å². The minimum atomic E-state index is -0.915. The number of hydrogen-bond donors (Lipinski definition) is 2. The maximum absolute atomic E-state index is 12.3. The lowest BCUT2D eigenvalue weighted by Gasteiger charge is -2.05. The van der Waals surface area contributed by atoms with Crippen molar-refractivity contribution >= 4 is 11.5 Å². The van der Waals surface area contributed by atoms with Gasteiger partial charge in [0, 0.05) is 17.2 Å². The first-order valence-electron chi connectivity index (χ1n) is 5.70. The van der Waals surface area contributed by atoms with Crippen molar-refractivity contribution < 1.29 is 19.9 Å². The monoisotopic (exact) mass is 284 g/mol. The van der Waals surface area contributed by atoms with Crippen LogP contribution in [0.2, 0.25) is 0 Å². The molecule has 7 heteroatoms. The number of aromatic hydroxyl groups is 2. The highest BCUT2D eigenvalue weighted by molar-refractivity contribution is 6.11. The number of nitro benzene ring substituents is 1. The van der Waals surface area contributed by atoms with E-state index in [-0.39, 0.29) is 16.7 Å². The molecule has 0 bridgehead atoms. The van der Waals surface area contributed by atoms with Crippen molar-refractivity contribution in [2.45, 2.75) is 0 Å². The van der Waals surface area contributed by atoms with E-state index in [0.29, 0.717) is 0 Å². The fourth-order valence-corrected chi connectivity index (χ4v) is 1.81. The van der Waals surface area contributed by atoms with Crippen molar-refractivity contribution in [2.24, 2.45) is 0 Å². The molecular weight excluding hydrogens is 276 g/mol. The number of phenols is 2. The Bertz CT molecular complexity index is 792. The summed E-state index contributed by atoms with van der Waals surface area (Å²) in [5.74, 6) is -2.35. The molecule has 104 valence electrons. The Hall–Kier alpha value is -3.40. The maximum Gasteiger partial charge on any atom is 0.315 e. The SMILES string of the molecule is N#Cc1ccccc1C(=O)c1cc(O)c(O)c([N+](=O)[O-])c1. The molecular formula is C14H8N2O5. The standard InChI is InChI=1S/C14H8N2O5/c15-7-8-3-1-2-4-10(8)13(18)9-5-11(16(20)21)14(19)12(17)6-9/h1-6,17,19H. The predicted octanol–water partition coefficient (Wildman–Crippen LogP) is 2.11. The molecule has 0 aliphatic rings. The number of rotatable bonds is 3. The van der Waals surface area contributed by atoms with Crippen molar-refractivity contribution in [1.82, 2.24) is 0 Å². The minimum absolute atomic E-state index is 0.0550. The van der Waals surface area contributed by atoms with Crippen LogP contribution < -0.4 is 0 Å². The van der Waals surface area contributed by atoms with Gasteiger partial charge in [-0.1, -0.05) is 12.1 Å². The zero-order valence-electron chi connectivity index (χ0n) is 10.5. The van der Waals surface area contributed by atoms with E-state index in [1.54, 1.807) is 12.1 Å². The molecule has 0 aromatic heterocycles. The highest BCUT2D eigenvalue weighted by Gasteiger charge is 2.23. The third-order valence-corrected chi connectivity index (χ3v) is 2.82. The number of nitrogens with zero attached hydrogens (tertiary/aromatic N) is 2. The van der Waals surface area contributed by atoms with Crippen molar-refractivity contribution in [3.05, 3.63) is 63.2 Å². The van der Waals surface area contributed by atoms with Gasteiger partial charge in [-0.05, 0) is 18.2 Å². The predicted molar refractivity (Wildman–Crippen MR) is 71.0 cm³/mol. The minimum Gasteiger partial charge on any atom is -0.504 e. The number of hydrogen-bond acceptors (Lipinski definition) is 6. The Kier molecular flexibility index (Phi) is 3.54. The quantitative estimate of drug-likeness (QED) is 0.385. The lowest BCUT2D eigenvalue weighted by Crippen LogP contribution is -2.05. The van der Waals surface area contributed by atoms with E-state index in [4.69, 9.17) is 5.26 Å². The second-order valence-electron chi connectivity index (χ2n) is 4.11. The van der Waals surface area contributed by atoms with E-state index < -0.39 is 27.9 Å². The molecule has 21 heavy (non-hydrogen) atoms. The molecule has 0 radical (unpaired) electrons. The van der Waals surface area contributed by atoms with Gasteiger partial charge in [0.25, 0.3) is 0 Å². The molecule has 0 saturated carbocycles. The number of benzene rings is 2. The Labute approximate surface area is 118 Å². The van der Waals surface area contributed by atoms with Gasteiger partial charge in [-0.25, -0.2) is 0 Å². The molecule has 0 amide bonds. The third kappa shape index (κ3) is 2.50. The zero-order valence-corrected chi connectivity index (χ0v) is 10.5. The molecule has 2 aromatic carbocycles. The van der Waals surface area contributed by atoms with Gasteiger partial charge in [0.1, 0.15) is 0 Å². The summed E-state index contributed by atoms with van der Waals surface area (Å²) < 4.78 is 0. The Morgan fingerprint density at radius 2 is 1.90 bits per heavy atom. The molecule has 0 heterocycles. The number of nitriles is 1. The summed E-state index contributed by atoms with van der Waals surface area (Å²) in [6, 6.07) is 9.56. The molecule has 0 aliphatic heterocycles. The van der Waals surface area contributed by atoms with Gasteiger partial charge in [0.2, 0.25) is 5.75 Å². The Morgan fingerprint density at radius 3 is 2.52 bits per heavy atom. The second kappa shape index (κ2) is 5.30. The number of ketones is 1. The highest BCUT2D eigenvalue weighted by Crippen LogP contribution is 2.36. The molecule has 0 aliphatic carbocycles. The zero-order chi connectivity index (χ0) is 15.6. The largest absolute Gasteiger partial charge is 0.504 e. The molecule has 0 unspecified atom stereocenters. The van der Waals surface area contributed by atoms with Crippen LogP contribution in [-0.2, 0) is 0 Å². The fraction of sp³-hybridized carbons (Fsp3) is 0. The first-order valence-corrected chi connectivity index (χ1v) is 5.70. The average Bonchev–Trinajstić information content (AvgIpc) is 2.48. The van der Waals surface area contributed by atoms with E-state index in [0.717, 1.165) is 12.1 Å². The summed E-state index contributed by atoms with van der Waals surface area (Å²) in [6.07, 6.45) is 0. The fourth-order valence-electron chi connectivity index (χ4n) is 1.81. The van der Waals surface area contributed by atoms with Gasteiger partial charge < -0.3 is 10.2 Å². The maximum atomic E-state index is 12.3. The third-order valence-electron chi connectivity index (χ3n) is 2.82. The van der Waals surface area contributed by atoms with E-state index in [2.05, 4.69) is 0 Å². The summed E-state index contributed by atoms with van der Waals surface area (Å²) in [5.41, 5.74) is -0.815. The molecule has 0 atom stereocenters. The van der Waals surface area contributed by atoms with Crippen molar-refractivity contribution in [2.75, 3.05) is 0 Å². The van der Waals surface area contributed by atoms with Gasteiger partial charge in [-0.15, -0.1) is 0 Å². The van der Waals surface area contributed by atoms with Crippen LogP contribution in [-0.4, -0.2) is 20.9 Å². The van der Waals surface area contributed by atoms with Crippen LogP contribution in [0.4, 0.5) is 5.69 Å². The second-order valence-corrected chi connectivity index (χ2v) is 4.11. The average molecular weight is 284 g/mol. The molecule has 0 saturated heterocycles. The van der Waals surface area contributed by atoms with Crippen molar-refractivity contribution in [1.29, 1.82) is 5.26 Å². The number of nitro groups is 1. The van der Waals surface area contributed by atoms with Crippen LogP contribution in [0.3, 0.4) is 0 Å². The van der Waals surface area contributed by atoms with Gasteiger partial charge in [0.15, 0.2) is 11.5 Å². The van der Waals surface area contributed by atoms with Crippen molar-refractivity contribution in [3.8, 4) is 17.6 Å². The topological polar surface area (TPSA) is 124 Å². The van der Waals surface area contributed by atoms with Gasteiger partial charge in [-0.3, -0.25) is 14.9 Å². The summed E-state index contributed by atoms with van der Waals surface area (Å²) in [5, 5.41) is 38.6. The number of carbonyl (C=O) groups excluding carboxylic acids is 1. The lowest BCUT2D eigenvalue weighted by atomic mass is 9.98. The van der Waals surface area contributed by atoms with Gasteiger partial charge in [-0.2, -0.15) is 5.26 Å². The smallest absolute Gasteiger partial charge is 0.315 e. The van der Waals surface area contributed by atoms with Crippen LogP contribution in [0, 0.1) is 21.4 Å². The highest BCUT2D eigenvalue weighted by atomic mass is 16.6. The molecule has 2 aromatic rings. The van der Waals surface area contributed by atoms with Crippen LogP contribution in [0.1, 0.15) is 21.5 Å². The lowest BCUT2D eigenvalue weighted by molar-refractivity contribution is -0.386. The summed E-state index contributed by atoms with van der Waals surface area (Å²) in [4.78, 5) is 22.2. The van der Waals surface area contributed by atoms with E-state index in [9.17, 15) is 25.1 Å². The molecule has 7 nitrogen and oxygen atoms in total. The van der Waals surface area contributed by atoms with E-state index in [1.807, 2.05) is 6.07 Å². The Morgan fingerprint density at radius 1 is 1.24 bits per heavy atom. The van der Waals surface area contributed by atoms with Crippen LogP contribution in [0.15, 0.2) is 36.4 Å². The molecule has 0 spiro atoms. The number of phenolic OH excluding ortho intramolecular Hbond substituents is 2. The van der Waals surface area contributed by atoms with Gasteiger partial charge in [0.05, 0.1) is 16.6 Å². The van der Waals surface area contributed by atoms with Gasteiger partial charge >= 0.3 is 5.69 Å². The Balaban J connectivity index is 2.60. The van der Waals surface area contributed by atoms with Crippen LogP contribution in [0.25, 0.3) is 0 Å². The first-order chi connectivity index (χ1) is 9.95. The molecule has 0 fully saturated rings. The molecule has 2 N–H and O–H groups in total. The molecule has 2 rings (SSSR count). The van der Waals surface area contributed by atoms with E-state index >= 15 is 0 Å². The summed E-state index contributed by atoms with van der Waals surface area (Å²) in [6.45, 7) is 0. The summed E-state index contributed by atoms with van der Waals surface area (Å²) in [7, 11) is 0. The summed E-state index contributed by atoms with van der Waals surface area (Å²) >= 11 is 0. The number of carbonyl (C=O) groups is 1. The van der Waals surface area contributed by atoms with Crippen LogP contribution >= 0.6 is 0 Å². The van der Waals surface area contributed by atoms with Crippen molar-refractivity contribution in [3.63, 3.8) is 0 Å². The van der Waals surface area contributed by atoms with E-state index in [1.165, 1.54) is 12.1 Å².